The highest BCUT2D eigenvalue weighted by Gasteiger charge is 2.22. The topological polar surface area (TPSA) is 50.3 Å². The molecule has 2 aromatic rings. The number of alkyl halides is 1. The van der Waals surface area contributed by atoms with E-state index in [1.165, 1.54) is 15.6 Å². The predicted octanol–water partition coefficient (Wildman–Crippen LogP) is 3.27. The molecule has 0 aliphatic rings. The Hall–Kier alpha value is -0.950. The van der Waals surface area contributed by atoms with Gasteiger partial charge in [-0.15, -0.1) is 22.9 Å². The first-order valence-electron chi connectivity index (χ1n) is 6.50. The van der Waals surface area contributed by atoms with Crippen LogP contribution >= 0.6 is 22.9 Å². The van der Waals surface area contributed by atoms with Gasteiger partial charge in [-0.1, -0.05) is 13.0 Å². The monoisotopic (exact) mass is 344 g/mol. The number of aryl methyl sites for hydroxylation is 1. The Balaban J connectivity index is 2.30. The quantitative estimate of drug-likeness (QED) is 0.756. The van der Waals surface area contributed by atoms with Crippen molar-refractivity contribution in [1.29, 1.82) is 0 Å². The van der Waals surface area contributed by atoms with E-state index < -0.39 is 10.0 Å². The molecule has 0 amide bonds. The summed E-state index contributed by atoms with van der Waals surface area (Å²) >= 11 is 7.36. The Labute approximate surface area is 134 Å². The Kier molecular flexibility index (Phi) is 5.37. The number of nitrogens with zero attached hydrogens (tertiary/aromatic N) is 2. The van der Waals surface area contributed by atoms with Crippen molar-refractivity contribution in [2.24, 2.45) is 0 Å². The maximum atomic E-state index is 12.6. The zero-order valence-corrected chi connectivity index (χ0v) is 14.3. The Morgan fingerprint density at radius 1 is 1.33 bits per heavy atom. The Morgan fingerprint density at radius 3 is 2.67 bits per heavy atom. The van der Waals surface area contributed by atoms with E-state index >= 15 is 0 Å². The van der Waals surface area contributed by atoms with Gasteiger partial charge in [0.15, 0.2) is 0 Å². The third-order valence-electron chi connectivity index (χ3n) is 3.28. The lowest BCUT2D eigenvalue weighted by molar-refractivity contribution is 0.463. The van der Waals surface area contributed by atoms with Crippen LogP contribution in [0, 0.1) is 0 Å². The van der Waals surface area contributed by atoms with Crippen LogP contribution in [0.25, 0.3) is 0 Å². The van der Waals surface area contributed by atoms with Gasteiger partial charge in [0.1, 0.15) is 0 Å². The summed E-state index contributed by atoms with van der Waals surface area (Å²) in [6, 6.07) is 5.14. The van der Waals surface area contributed by atoms with E-state index in [0.29, 0.717) is 5.88 Å². The minimum atomic E-state index is -3.53. The number of rotatable bonds is 6. The summed E-state index contributed by atoms with van der Waals surface area (Å²) in [6.07, 6.45) is 0.830. The summed E-state index contributed by atoms with van der Waals surface area (Å²) in [5, 5.41) is 1.84. The van der Waals surface area contributed by atoms with Crippen LogP contribution in [0.1, 0.15) is 23.7 Å². The van der Waals surface area contributed by atoms with Gasteiger partial charge in [0.25, 0.3) is 0 Å². The highest BCUT2D eigenvalue weighted by atomic mass is 35.5. The molecule has 1 aromatic carbocycles. The Morgan fingerprint density at radius 2 is 2.10 bits per heavy atom. The third-order valence-corrected chi connectivity index (χ3v) is 6.00. The van der Waals surface area contributed by atoms with E-state index in [4.69, 9.17) is 11.6 Å². The number of hydrogen-bond donors (Lipinski definition) is 0. The van der Waals surface area contributed by atoms with Gasteiger partial charge in [-0.2, -0.15) is 4.31 Å². The molecular formula is C14H17ClN2O2S2. The minimum Gasteiger partial charge on any atom is -0.248 e. The standard InChI is InChI=1S/C14H17ClN2O2S2/c1-3-11-4-5-14(6-12(11)7-15)21(18,19)17(2)8-13-9-20-10-16-13/h4-6,9-10H,3,7-8H2,1-2H3. The molecule has 0 aliphatic carbocycles. The number of hydrogen-bond acceptors (Lipinski definition) is 4. The molecule has 0 atom stereocenters. The lowest BCUT2D eigenvalue weighted by Crippen LogP contribution is -2.26. The molecule has 0 saturated heterocycles. The van der Waals surface area contributed by atoms with Crippen molar-refractivity contribution in [3.63, 3.8) is 0 Å². The van der Waals surface area contributed by atoms with Gasteiger partial charge >= 0.3 is 0 Å². The van der Waals surface area contributed by atoms with Crippen LogP contribution in [0.5, 0.6) is 0 Å². The average Bonchev–Trinajstić information content (AvgIpc) is 2.99. The van der Waals surface area contributed by atoms with E-state index in [2.05, 4.69) is 4.98 Å². The van der Waals surface area contributed by atoms with Crippen molar-refractivity contribution in [1.82, 2.24) is 9.29 Å². The molecule has 0 unspecified atom stereocenters. The molecule has 2 rings (SSSR count). The molecule has 0 radical (unpaired) electrons. The predicted molar refractivity (Wildman–Crippen MR) is 86.1 cm³/mol. The van der Waals surface area contributed by atoms with E-state index in [-0.39, 0.29) is 11.4 Å². The number of halogens is 1. The molecule has 0 N–H and O–H groups in total. The van der Waals surface area contributed by atoms with Crippen molar-refractivity contribution >= 4 is 33.0 Å². The van der Waals surface area contributed by atoms with Gasteiger partial charge in [-0.05, 0) is 29.7 Å². The summed E-state index contributed by atoms with van der Waals surface area (Å²) in [5.74, 6) is 0.308. The first kappa shape index (κ1) is 16.4. The molecule has 0 saturated carbocycles. The third kappa shape index (κ3) is 3.63. The highest BCUT2D eigenvalue weighted by molar-refractivity contribution is 7.89. The largest absolute Gasteiger partial charge is 0.248 e. The van der Waals surface area contributed by atoms with Gasteiger partial charge in [-0.25, -0.2) is 13.4 Å². The zero-order valence-electron chi connectivity index (χ0n) is 11.9. The van der Waals surface area contributed by atoms with Crippen molar-refractivity contribution < 1.29 is 8.42 Å². The van der Waals surface area contributed by atoms with E-state index in [1.807, 2.05) is 18.4 Å². The molecule has 7 heteroatoms. The van der Waals surface area contributed by atoms with Crippen LogP contribution in [0.3, 0.4) is 0 Å². The lowest BCUT2D eigenvalue weighted by atomic mass is 10.1. The molecule has 4 nitrogen and oxygen atoms in total. The summed E-state index contributed by atoms with van der Waals surface area (Å²) in [5.41, 5.74) is 4.37. The Bertz CT molecular complexity index is 700. The first-order valence-corrected chi connectivity index (χ1v) is 9.42. The second-order valence-electron chi connectivity index (χ2n) is 4.66. The van der Waals surface area contributed by atoms with Gasteiger partial charge in [0.05, 0.1) is 22.6 Å². The van der Waals surface area contributed by atoms with Crippen molar-refractivity contribution in [3.05, 3.63) is 45.9 Å². The lowest BCUT2D eigenvalue weighted by Gasteiger charge is -2.17. The molecule has 1 heterocycles. The second kappa shape index (κ2) is 6.87. The normalized spacial score (nSPS) is 12.0. The fraction of sp³-hybridized carbons (Fsp3) is 0.357. The number of sulfonamides is 1. The average molecular weight is 345 g/mol. The minimum absolute atomic E-state index is 0.261. The molecule has 21 heavy (non-hydrogen) atoms. The molecule has 1 aromatic heterocycles. The molecule has 0 bridgehead atoms. The van der Waals surface area contributed by atoms with Gasteiger partial charge in [0.2, 0.25) is 10.0 Å². The highest BCUT2D eigenvalue weighted by Crippen LogP contribution is 2.22. The zero-order chi connectivity index (χ0) is 15.5. The fourth-order valence-corrected chi connectivity index (χ4v) is 4.03. The van der Waals surface area contributed by atoms with E-state index in [0.717, 1.165) is 23.2 Å². The summed E-state index contributed by atoms with van der Waals surface area (Å²) in [4.78, 5) is 4.39. The van der Waals surface area contributed by atoms with Crippen molar-refractivity contribution in [3.8, 4) is 0 Å². The number of benzene rings is 1. The van der Waals surface area contributed by atoms with E-state index in [9.17, 15) is 8.42 Å². The van der Waals surface area contributed by atoms with E-state index in [1.54, 1.807) is 24.7 Å². The molecule has 0 fully saturated rings. The van der Waals surface area contributed by atoms with Crippen LogP contribution in [0.2, 0.25) is 0 Å². The molecule has 0 spiro atoms. The second-order valence-corrected chi connectivity index (χ2v) is 7.69. The SMILES string of the molecule is CCc1ccc(S(=O)(=O)N(C)Cc2cscn2)cc1CCl. The molecule has 0 aliphatic heterocycles. The van der Waals surface area contributed by atoms with Crippen LogP contribution in [0.15, 0.2) is 34.0 Å². The van der Waals surface area contributed by atoms with Crippen LogP contribution < -0.4 is 0 Å². The maximum absolute atomic E-state index is 12.6. The maximum Gasteiger partial charge on any atom is 0.243 e. The summed E-state index contributed by atoms with van der Waals surface area (Å²) in [7, 11) is -1.98. The smallest absolute Gasteiger partial charge is 0.243 e. The van der Waals surface area contributed by atoms with Gasteiger partial charge in [0, 0.05) is 18.3 Å². The number of aromatic nitrogens is 1. The van der Waals surface area contributed by atoms with Gasteiger partial charge in [-0.3, -0.25) is 0 Å². The molecule has 114 valence electrons. The van der Waals surface area contributed by atoms with Crippen LogP contribution in [0.4, 0.5) is 0 Å². The van der Waals surface area contributed by atoms with Crippen molar-refractivity contribution in [2.45, 2.75) is 30.7 Å². The van der Waals surface area contributed by atoms with Crippen molar-refractivity contribution in [2.75, 3.05) is 7.05 Å². The van der Waals surface area contributed by atoms with Crippen LogP contribution in [-0.4, -0.2) is 24.8 Å². The number of thiazole rings is 1. The van der Waals surface area contributed by atoms with Crippen LogP contribution in [-0.2, 0) is 28.9 Å². The fourth-order valence-electron chi connectivity index (χ4n) is 2.04. The molecular weight excluding hydrogens is 328 g/mol. The van der Waals surface area contributed by atoms with Gasteiger partial charge < -0.3 is 0 Å². The summed E-state index contributed by atoms with van der Waals surface area (Å²) < 4.78 is 26.5. The summed E-state index contributed by atoms with van der Waals surface area (Å²) in [6.45, 7) is 2.28. The first-order chi connectivity index (χ1) is 9.98.